The lowest BCUT2D eigenvalue weighted by Crippen LogP contribution is -2.39. The predicted octanol–water partition coefficient (Wildman–Crippen LogP) is 6.13. The average molecular weight is 439 g/mol. The molecule has 1 saturated carbocycles. The van der Waals surface area contributed by atoms with Gasteiger partial charge in [-0.25, -0.2) is 0 Å². The maximum absolute atomic E-state index is 13.5. The van der Waals surface area contributed by atoms with Crippen LogP contribution in [0.15, 0.2) is 42.5 Å². The molecule has 3 nitrogen and oxygen atoms in total. The van der Waals surface area contributed by atoms with Crippen LogP contribution >= 0.6 is 15.9 Å². The maximum atomic E-state index is 13.5. The van der Waals surface area contributed by atoms with Crippen molar-refractivity contribution in [1.82, 2.24) is 0 Å². The number of alkyl halides is 1. The van der Waals surface area contributed by atoms with Crippen LogP contribution in [0.4, 0.5) is 17.1 Å². The zero-order valence-corrected chi connectivity index (χ0v) is 17.8. The molecule has 3 aliphatic rings. The highest BCUT2D eigenvalue weighted by atomic mass is 79.9. The van der Waals surface area contributed by atoms with Crippen molar-refractivity contribution in [2.24, 2.45) is 5.92 Å². The molecule has 1 amide bonds. The van der Waals surface area contributed by atoms with Crippen molar-refractivity contribution >= 4 is 38.9 Å². The van der Waals surface area contributed by atoms with Gasteiger partial charge in [0, 0.05) is 24.0 Å². The Morgan fingerprint density at radius 3 is 2.57 bits per heavy atom. The first-order valence-electron chi connectivity index (χ1n) is 10.7. The summed E-state index contributed by atoms with van der Waals surface area (Å²) in [6, 6.07) is 15.4. The summed E-state index contributed by atoms with van der Waals surface area (Å²) in [7, 11) is 0. The van der Waals surface area contributed by atoms with E-state index in [9.17, 15) is 4.79 Å². The molecule has 2 aliphatic heterocycles. The molecule has 0 N–H and O–H groups in total. The van der Waals surface area contributed by atoms with Crippen molar-refractivity contribution in [3.05, 3.63) is 53.6 Å². The normalized spacial score (nSPS) is 21.2. The standard InChI is InChI=1S/C24H27BrN2O/c25-15-13-22(28)27-21-12-5-4-11-20(21)26-16-14-18-9-6-10-19(23(18)26)24(27)17-7-2-1-3-8-17/h4-6,9-12,17,24H,1-3,7-8,13-16H2. The lowest BCUT2D eigenvalue weighted by Gasteiger charge is -2.39. The highest BCUT2D eigenvalue weighted by molar-refractivity contribution is 9.09. The van der Waals surface area contributed by atoms with Gasteiger partial charge in [-0.05, 0) is 48.4 Å². The number of hydrogen-bond acceptors (Lipinski definition) is 2. The van der Waals surface area contributed by atoms with E-state index in [-0.39, 0.29) is 11.9 Å². The molecule has 1 unspecified atom stereocenters. The van der Waals surface area contributed by atoms with Crippen molar-refractivity contribution in [2.75, 3.05) is 21.7 Å². The van der Waals surface area contributed by atoms with Gasteiger partial charge < -0.3 is 9.80 Å². The Balaban J connectivity index is 1.75. The van der Waals surface area contributed by atoms with Crippen LogP contribution in [0.5, 0.6) is 0 Å². The van der Waals surface area contributed by atoms with E-state index in [4.69, 9.17) is 0 Å². The van der Waals surface area contributed by atoms with E-state index in [0.29, 0.717) is 17.7 Å². The monoisotopic (exact) mass is 438 g/mol. The zero-order chi connectivity index (χ0) is 19.1. The van der Waals surface area contributed by atoms with Crippen LogP contribution < -0.4 is 9.80 Å². The van der Waals surface area contributed by atoms with Crippen molar-refractivity contribution in [1.29, 1.82) is 0 Å². The summed E-state index contributed by atoms with van der Waals surface area (Å²) in [6.07, 6.45) is 7.94. The van der Waals surface area contributed by atoms with Crippen LogP contribution in [-0.2, 0) is 11.2 Å². The van der Waals surface area contributed by atoms with Gasteiger partial charge in [-0.15, -0.1) is 0 Å². The molecule has 146 valence electrons. The molecule has 2 aromatic carbocycles. The summed E-state index contributed by atoms with van der Waals surface area (Å²) in [6.45, 7) is 1.00. The van der Waals surface area contributed by atoms with E-state index in [1.165, 1.54) is 54.6 Å². The molecule has 0 spiro atoms. The second-order valence-corrected chi connectivity index (χ2v) is 9.08. The van der Waals surface area contributed by atoms with Crippen molar-refractivity contribution in [3.63, 3.8) is 0 Å². The molecule has 0 radical (unpaired) electrons. The number of rotatable bonds is 3. The highest BCUT2D eigenvalue weighted by Crippen LogP contribution is 2.53. The first-order chi connectivity index (χ1) is 13.8. The van der Waals surface area contributed by atoms with Gasteiger partial charge in [0.05, 0.1) is 17.4 Å². The predicted molar refractivity (Wildman–Crippen MR) is 119 cm³/mol. The minimum absolute atomic E-state index is 0.144. The Kier molecular flexibility index (Phi) is 4.92. The number of para-hydroxylation sites is 3. The maximum Gasteiger partial charge on any atom is 0.228 e. The number of carbonyl (C=O) groups is 1. The van der Waals surface area contributed by atoms with E-state index < -0.39 is 0 Å². The molecule has 1 atom stereocenters. The Morgan fingerprint density at radius 2 is 1.79 bits per heavy atom. The number of fused-ring (bicyclic) bond motifs is 2. The van der Waals surface area contributed by atoms with Gasteiger partial charge in [0.15, 0.2) is 0 Å². The number of nitrogens with zero attached hydrogens (tertiary/aromatic N) is 2. The first-order valence-corrected chi connectivity index (χ1v) is 11.8. The Hall–Kier alpha value is -1.81. The smallest absolute Gasteiger partial charge is 0.228 e. The average Bonchev–Trinajstić information content (AvgIpc) is 3.12. The fourth-order valence-corrected chi connectivity index (χ4v) is 5.90. The van der Waals surface area contributed by atoms with Gasteiger partial charge in [0.1, 0.15) is 0 Å². The van der Waals surface area contributed by atoms with Crippen LogP contribution in [0.3, 0.4) is 0 Å². The molecule has 2 aromatic rings. The first kappa shape index (κ1) is 18.2. The van der Waals surface area contributed by atoms with Gasteiger partial charge in [-0.1, -0.05) is 65.5 Å². The third kappa shape index (κ3) is 2.88. The van der Waals surface area contributed by atoms with E-state index in [0.717, 1.165) is 18.7 Å². The van der Waals surface area contributed by atoms with Gasteiger partial charge in [0.2, 0.25) is 5.91 Å². The third-order valence-electron chi connectivity index (χ3n) is 6.73. The molecule has 0 saturated heterocycles. The molecular weight excluding hydrogens is 412 g/mol. The summed E-state index contributed by atoms with van der Waals surface area (Å²) >= 11 is 3.50. The minimum atomic E-state index is 0.144. The number of amides is 1. The molecule has 28 heavy (non-hydrogen) atoms. The van der Waals surface area contributed by atoms with Crippen LogP contribution in [0.25, 0.3) is 0 Å². The fourth-order valence-electron chi connectivity index (χ4n) is 5.56. The highest BCUT2D eigenvalue weighted by Gasteiger charge is 2.41. The summed E-state index contributed by atoms with van der Waals surface area (Å²) in [4.78, 5) is 18.1. The van der Waals surface area contributed by atoms with E-state index in [1.54, 1.807) is 0 Å². The second-order valence-electron chi connectivity index (χ2n) is 8.29. The summed E-state index contributed by atoms with van der Waals surface area (Å²) in [5.41, 5.74) is 6.45. The molecule has 2 heterocycles. The van der Waals surface area contributed by atoms with Crippen LogP contribution in [0.2, 0.25) is 0 Å². The van der Waals surface area contributed by atoms with E-state index in [2.05, 4.69) is 68.2 Å². The molecular formula is C24H27BrN2O. The minimum Gasteiger partial charge on any atom is -0.339 e. The Labute approximate surface area is 175 Å². The number of halogens is 1. The van der Waals surface area contributed by atoms with Gasteiger partial charge in [0.25, 0.3) is 0 Å². The van der Waals surface area contributed by atoms with E-state index >= 15 is 0 Å². The van der Waals surface area contributed by atoms with Crippen molar-refractivity contribution < 1.29 is 4.79 Å². The SMILES string of the molecule is O=C(CCBr)N1c2ccccc2N2CCc3cccc(c32)C1C1CCCCC1. The number of hydrogen-bond donors (Lipinski definition) is 0. The van der Waals surface area contributed by atoms with Crippen molar-refractivity contribution in [3.8, 4) is 0 Å². The topological polar surface area (TPSA) is 23.6 Å². The molecule has 5 rings (SSSR count). The van der Waals surface area contributed by atoms with Gasteiger partial charge in [-0.3, -0.25) is 4.79 Å². The molecule has 1 aliphatic carbocycles. The largest absolute Gasteiger partial charge is 0.339 e. The second kappa shape index (κ2) is 7.55. The summed E-state index contributed by atoms with van der Waals surface area (Å²) < 4.78 is 0. The van der Waals surface area contributed by atoms with E-state index in [1.807, 2.05) is 0 Å². The Bertz CT molecular complexity index is 890. The zero-order valence-electron chi connectivity index (χ0n) is 16.2. The van der Waals surface area contributed by atoms with Crippen LogP contribution in [-0.4, -0.2) is 17.8 Å². The quantitative estimate of drug-likeness (QED) is 0.537. The lowest BCUT2D eigenvalue weighted by atomic mass is 9.79. The van der Waals surface area contributed by atoms with Gasteiger partial charge in [-0.2, -0.15) is 0 Å². The number of carbonyl (C=O) groups excluding carboxylic acids is 1. The molecule has 1 fully saturated rings. The third-order valence-corrected chi connectivity index (χ3v) is 7.12. The van der Waals surface area contributed by atoms with Crippen LogP contribution in [0, 0.1) is 5.92 Å². The van der Waals surface area contributed by atoms with Crippen molar-refractivity contribution in [2.45, 2.75) is 51.0 Å². The molecule has 0 bridgehead atoms. The fraction of sp³-hybridized carbons (Fsp3) is 0.458. The number of anilines is 3. The van der Waals surface area contributed by atoms with Crippen LogP contribution in [0.1, 0.15) is 55.7 Å². The number of benzene rings is 2. The summed E-state index contributed by atoms with van der Waals surface area (Å²) in [5.74, 6) is 0.770. The molecule has 0 aromatic heterocycles. The lowest BCUT2D eigenvalue weighted by molar-refractivity contribution is -0.119. The molecule has 4 heteroatoms. The van der Waals surface area contributed by atoms with Gasteiger partial charge >= 0.3 is 0 Å². The summed E-state index contributed by atoms with van der Waals surface area (Å²) in [5, 5.41) is 0.707. The Morgan fingerprint density at radius 1 is 1.00 bits per heavy atom.